The Balaban J connectivity index is 1.91. The van der Waals surface area contributed by atoms with E-state index in [4.69, 9.17) is 10.8 Å². The normalized spacial score (nSPS) is 15.3. The molecular weight excluding hydrogens is 377 g/mol. The minimum Gasteiger partial charge on any atom is -0.465 e. The Morgan fingerprint density at radius 1 is 1.28 bits per heavy atom. The topological polar surface area (TPSA) is 129 Å². The van der Waals surface area contributed by atoms with Gasteiger partial charge in [0, 0.05) is 5.69 Å². The molecule has 0 radical (unpaired) electrons. The number of nitrogens with zero attached hydrogens (tertiary/aromatic N) is 1. The van der Waals surface area contributed by atoms with Crippen molar-refractivity contribution in [2.24, 2.45) is 5.73 Å². The van der Waals surface area contributed by atoms with Gasteiger partial charge in [0.2, 0.25) is 0 Å². The number of carbonyl (C=O) groups excluding carboxylic acids is 1. The lowest BCUT2D eigenvalue weighted by molar-refractivity contribution is 0.1000. The zero-order valence-electron chi connectivity index (χ0n) is 16.3. The molecule has 1 saturated carbocycles. The number of carboxylic acid groups (broad SMARTS) is 1. The number of aryl methyl sites for hydroxylation is 1. The van der Waals surface area contributed by atoms with Gasteiger partial charge in [-0.05, 0) is 44.4 Å². The summed E-state index contributed by atoms with van der Waals surface area (Å²) in [6.45, 7) is 3.82. The predicted octanol–water partition coefficient (Wildman–Crippen LogP) is 3.36. The minimum atomic E-state index is -1.12. The number of carbonyl (C=O) groups is 2. The van der Waals surface area contributed by atoms with Gasteiger partial charge in [-0.15, -0.1) is 0 Å². The number of pyridine rings is 1. The maximum Gasteiger partial charge on any atom is 0.405 e. The van der Waals surface area contributed by atoms with Crippen molar-refractivity contribution < 1.29 is 19.1 Å². The summed E-state index contributed by atoms with van der Waals surface area (Å²) in [4.78, 5) is 27.1. The number of nitrogens with two attached hydrogens (primary N) is 1. The van der Waals surface area contributed by atoms with Crippen molar-refractivity contribution in [3.8, 4) is 0 Å². The second kappa shape index (κ2) is 7.94. The van der Waals surface area contributed by atoms with Crippen LogP contribution in [0.3, 0.4) is 0 Å². The Morgan fingerprint density at radius 2 is 1.93 bits per heavy atom. The van der Waals surface area contributed by atoms with Crippen LogP contribution in [0.1, 0.15) is 42.1 Å². The molecule has 0 saturated heterocycles. The Hall–Kier alpha value is -3.36. The summed E-state index contributed by atoms with van der Waals surface area (Å²) in [6.07, 6.45) is 0.738. The van der Waals surface area contributed by atoms with E-state index in [0.717, 1.165) is 11.6 Å². The highest BCUT2D eigenvalue weighted by Crippen LogP contribution is 2.41. The van der Waals surface area contributed by atoms with Crippen LogP contribution in [0.15, 0.2) is 30.3 Å². The summed E-state index contributed by atoms with van der Waals surface area (Å²) in [5, 5.41) is 17.6. The van der Waals surface area contributed by atoms with Crippen LogP contribution in [0.4, 0.5) is 26.5 Å². The van der Waals surface area contributed by atoms with Crippen LogP contribution in [0.5, 0.6) is 0 Å². The number of rotatable bonds is 8. The molecule has 154 valence electrons. The van der Waals surface area contributed by atoms with E-state index in [-0.39, 0.29) is 23.2 Å². The molecule has 8 nitrogen and oxygen atoms in total. The first-order valence-electron chi connectivity index (χ1n) is 9.36. The van der Waals surface area contributed by atoms with Gasteiger partial charge in [0.15, 0.2) is 11.6 Å². The van der Waals surface area contributed by atoms with Gasteiger partial charge in [-0.25, -0.2) is 14.2 Å². The maximum atomic E-state index is 14.7. The molecule has 2 aromatic rings. The lowest BCUT2D eigenvalue weighted by Gasteiger charge is -2.28. The molecule has 2 amide bonds. The van der Waals surface area contributed by atoms with Crippen LogP contribution in [0.2, 0.25) is 0 Å². The van der Waals surface area contributed by atoms with Gasteiger partial charge in [0.25, 0.3) is 5.91 Å². The Labute approximate surface area is 167 Å². The number of hydrogen-bond acceptors (Lipinski definition) is 5. The second-order valence-electron chi connectivity index (χ2n) is 7.26. The fourth-order valence-electron chi connectivity index (χ4n) is 3.35. The molecule has 0 aliphatic heterocycles. The standard InChI is InChI=1S/C20H24FN5O3/c1-3-15(20(8-9-20)26-19(28)29)24-18-14(21)10-13(16(22)27)17(25-18)23-12-6-4-11(2)5-7-12/h4-7,10,15,26H,3,8-9H2,1-2H3,(H2,22,27)(H,28,29)(H2,23,24,25)/t15-/m1/s1. The molecule has 1 aromatic carbocycles. The smallest absolute Gasteiger partial charge is 0.405 e. The summed E-state index contributed by atoms with van der Waals surface area (Å²) < 4.78 is 14.7. The maximum absolute atomic E-state index is 14.7. The quantitative estimate of drug-likeness (QED) is 0.461. The van der Waals surface area contributed by atoms with E-state index in [1.165, 1.54) is 0 Å². The first-order valence-corrected chi connectivity index (χ1v) is 9.36. The summed E-state index contributed by atoms with van der Waals surface area (Å²) in [5.41, 5.74) is 6.39. The first-order chi connectivity index (χ1) is 13.7. The second-order valence-corrected chi connectivity index (χ2v) is 7.26. The van der Waals surface area contributed by atoms with Crippen LogP contribution < -0.4 is 21.7 Å². The van der Waals surface area contributed by atoms with Gasteiger partial charge >= 0.3 is 6.09 Å². The number of amides is 2. The van der Waals surface area contributed by atoms with Crippen molar-refractivity contribution in [1.29, 1.82) is 0 Å². The number of primary amides is 1. The van der Waals surface area contributed by atoms with Gasteiger partial charge < -0.3 is 26.8 Å². The molecule has 1 aliphatic carbocycles. The number of nitrogens with one attached hydrogen (secondary N) is 3. The Morgan fingerprint density at radius 3 is 2.45 bits per heavy atom. The van der Waals surface area contributed by atoms with Gasteiger partial charge in [0.1, 0.15) is 5.82 Å². The molecule has 1 aromatic heterocycles. The summed E-state index contributed by atoms with van der Waals surface area (Å²) in [6, 6.07) is 8.07. The summed E-state index contributed by atoms with van der Waals surface area (Å²) in [7, 11) is 0. The molecule has 0 unspecified atom stereocenters. The molecule has 3 rings (SSSR count). The molecular formula is C20H24FN5O3. The van der Waals surface area contributed by atoms with Crippen molar-refractivity contribution in [3.05, 3.63) is 47.3 Å². The molecule has 9 heteroatoms. The van der Waals surface area contributed by atoms with Gasteiger partial charge in [-0.1, -0.05) is 24.6 Å². The molecule has 1 aliphatic rings. The van der Waals surface area contributed by atoms with E-state index in [2.05, 4.69) is 20.9 Å². The highest BCUT2D eigenvalue weighted by Gasteiger charge is 2.50. The van der Waals surface area contributed by atoms with Crippen LogP contribution >= 0.6 is 0 Å². The Bertz CT molecular complexity index is 928. The van der Waals surface area contributed by atoms with Gasteiger partial charge in [0.05, 0.1) is 17.1 Å². The van der Waals surface area contributed by atoms with E-state index in [0.29, 0.717) is 24.9 Å². The van der Waals surface area contributed by atoms with Gasteiger partial charge in [-0.3, -0.25) is 4.79 Å². The zero-order chi connectivity index (χ0) is 21.2. The molecule has 0 spiro atoms. The average Bonchev–Trinajstić information content (AvgIpc) is 3.42. The predicted molar refractivity (Wildman–Crippen MR) is 108 cm³/mol. The molecule has 1 fully saturated rings. The zero-order valence-corrected chi connectivity index (χ0v) is 16.3. The van der Waals surface area contributed by atoms with Crippen molar-refractivity contribution in [1.82, 2.24) is 10.3 Å². The highest BCUT2D eigenvalue weighted by molar-refractivity contribution is 5.98. The van der Waals surface area contributed by atoms with Crippen molar-refractivity contribution >= 4 is 29.3 Å². The molecule has 6 N–H and O–H groups in total. The molecule has 0 bridgehead atoms. The highest BCUT2D eigenvalue weighted by atomic mass is 19.1. The summed E-state index contributed by atoms with van der Waals surface area (Å²) >= 11 is 0. The van der Waals surface area contributed by atoms with E-state index < -0.39 is 23.4 Å². The number of benzene rings is 1. The third kappa shape index (κ3) is 4.56. The number of hydrogen-bond donors (Lipinski definition) is 5. The Kier molecular flexibility index (Phi) is 5.58. The average molecular weight is 401 g/mol. The van der Waals surface area contributed by atoms with E-state index in [1.807, 2.05) is 38.1 Å². The van der Waals surface area contributed by atoms with Crippen LogP contribution in [0.25, 0.3) is 0 Å². The lowest BCUT2D eigenvalue weighted by Crippen LogP contribution is -2.48. The van der Waals surface area contributed by atoms with Crippen molar-refractivity contribution in [2.75, 3.05) is 10.6 Å². The van der Waals surface area contributed by atoms with Crippen molar-refractivity contribution in [2.45, 2.75) is 44.7 Å². The number of aromatic nitrogens is 1. The number of halogens is 1. The van der Waals surface area contributed by atoms with E-state index in [9.17, 15) is 14.0 Å². The molecule has 29 heavy (non-hydrogen) atoms. The minimum absolute atomic E-state index is 0.0741. The molecule has 1 heterocycles. The van der Waals surface area contributed by atoms with Crippen LogP contribution in [0, 0.1) is 12.7 Å². The van der Waals surface area contributed by atoms with Crippen LogP contribution in [-0.2, 0) is 0 Å². The fourth-order valence-corrected chi connectivity index (χ4v) is 3.35. The van der Waals surface area contributed by atoms with Gasteiger partial charge in [-0.2, -0.15) is 0 Å². The number of anilines is 3. The third-order valence-electron chi connectivity index (χ3n) is 5.09. The van der Waals surface area contributed by atoms with E-state index in [1.54, 1.807) is 0 Å². The SMILES string of the molecule is CC[C@@H](Nc1nc(Nc2ccc(C)cc2)c(C(N)=O)cc1F)C1(NC(=O)O)CC1. The van der Waals surface area contributed by atoms with Crippen LogP contribution in [-0.4, -0.2) is 33.7 Å². The lowest BCUT2D eigenvalue weighted by atomic mass is 10.0. The fraction of sp³-hybridized carbons (Fsp3) is 0.350. The third-order valence-corrected chi connectivity index (χ3v) is 5.09. The van der Waals surface area contributed by atoms with Crippen molar-refractivity contribution in [3.63, 3.8) is 0 Å². The molecule has 1 atom stereocenters. The van der Waals surface area contributed by atoms with E-state index >= 15 is 0 Å². The largest absolute Gasteiger partial charge is 0.465 e. The monoisotopic (exact) mass is 401 g/mol. The summed E-state index contributed by atoms with van der Waals surface area (Å²) in [5.74, 6) is -1.50. The first kappa shape index (κ1) is 20.4.